The summed E-state index contributed by atoms with van der Waals surface area (Å²) < 4.78 is 0. The maximum absolute atomic E-state index is 4.63. The summed E-state index contributed by atoms with van der Waals surface area (Å²) in [7, 11) is 0. The van der Waals surface area contributed by atoms with E-state index >= 15 is 0 Å². The van der Waals surface area contributed by atoms with Gasteiger partial charge in [-0.3, -0.25) is 15.0 Å². The summed E-state index contributed by atoms with van der Waals surface area (Å²) in [5.74, 6) is 0. The molecule has 7 aromatic rings. The summed E-state index contributed by atoms with van der Waals surface area (Å²) in [4.78, 5) is 17.7. The summed E-state index contributed by atoms with van der Waals surface area (Å²) in [6.07, 6.45) is 7.35. The molecule has 5 heteroatoms. The van der Waals surface area contributed by atoms with Crippen LogP contribution in [-0.4, -0.2) is 15.0 Å². The van der Waals surface area contributed by atoms with Crippen molar-refractivity contribution in [3.05, 3.63) is 116 Å². The van der Waals surface area contributed by atoms with Crippen LogP contribution < -0.4 is 4.98 Å². The van der Waals surface area contributed by atoms with Gasteiger partial charge in [0, 0.05) is 40.1 Å². The SMILES string of the molecule is [Cu+].c1c[n-]c(-c2cccc3c2ncc2ccccc23)c1.c1cnc2c(c1)ccc1cccnc12. The van der Waals surface area contributed by atoms with Crippen LogP contribution in [0, 0.1) is 0 Å². The number of fused-ring (bicyclic) bond motifs is 6. The second kappa shape index (κ2) is 9.44. The van der Waals surface area contributed by atoms with Crippen LogP contribution >= 0.6 is 0 Å². The summed E-state index contributed by atoms with van der Waals surface area (Å²) >= 11 is 0. The first-order valence-corrected chi connectivity index (χ1v) is 10.8. The molecule has 0 amide bonds. The standard InChI is InChI=1S/C17H11N2.C12H8N2.Cu/c1-2-6-13-12(5-1)11-19-17-14(13)7-3-8-15(17)16-9-4-10-18-16;1-3-9-5-6-10-4-2-8-14-12(10)11(9)13-7-1;/h1-11H;1-8H;/q-1;;+1. The molecule has 0 spiro atoms. The van der Waals surface area contributed by atoms with Crippen molar-refractivity contribution in [3.8, 4) is 11.3 Å². The molecule has 7 rings (SSSR count). The fourth-order valence-corrected chi connectivity index (χ4v) is 4.24. The molecule has 0 atom stereocenters. The zero-order valence-electron chi connectivity index (χ0n) is 18.1. The van der Waals surface area contributed by atoms with Gasteiger partial charge in [0.05, 0.1) is 16.6 Å². The molecule has 0 aliphatic carbocycles. The van der Waals surface area contributed by atoms with Crippen molar-refractivity contribution in [1.29, 1.82) is 0 Å². The van der Waals surface area contributed by atoms with E-state index in [2.05, 4.69) is 80.6 Å². The van der Waals surface area contributed by atoms with Crippen LogP contribution in [0.2, 0.25) is 0 Å². The third-order valence-corrected chi connectivity index (χ3v) is 5.79. The Balaban J connectivity index is 0.000000144. The molecule has 3 aromatic carbocycles. The fourth-order valence-electron chi connectivity index (χ4n) is 4.24. The van der Waals surface area contributed by atoms with Crippen LogP contribution in [0.5, 0.6) is 0 Å². The molecule has 0 fully saturated rings. The van der Waals surface area contributed by atoms with Crippen molar-refractivity contribution in [2.24, 2.45) is 0 Å². The van der Waals surface area contributed by atoms with Crippen LogP contribution in [0.4, 0.5) is 0 Å². The van der Waals surface area contributed by atoms with Crippen molar-refractivity contribution in [1.82, 2.24) is 19.9 Å². The molecule has 166 valence electrons. The van der Waals surface area contributed by atoms with Crippen LogP contribution in [0.3, 0.4) is 0 Å². The van der Waals surface area contributed by atoms with Gasteiger partial charge in [0.1, 0.15) is 0 Å². The second-order valence-electron chi connectivity index (χ2n) is 7.79. The monoisotopic (exact) mass is 486 g/mol. The van der Waals surface area contributed by atoms with Crippen LogP contribution in [0.1, 0.15) is 0 Å². The Labute approximate surface area is 207 Å². The molecular weight excluding hydrogens is 468 g/mol. The number of benzene rings is 3. The molecule has 0 N–H and O–H groups in total. The fraction of sp³-hybridized carbons (Fsp3) is 0. The molecule has 0 aliphatic heterocycles. The number of nitrogens with zero attached hydrogens (tertiary/aromatic N) is 4. The van der Waals surface area contributed by atoms with E-state index in [1.54, 1.807) is 12.4 Å². The molecular formula is C29H19CuN4. The molecule has 0 unspecified atom stereocenters. The first-order valence-electron chi connectivity index (χ1n) is 10.8. The second-order valence-corrected chi connectivity index (χ2v) is 7.79. The summed E-state index contributed by atoms with van der Waals surface area (Å²) in [6.45, 7) is 0. The topological polar surface area (TPSA) is 52.8 Å². The van der Waals surface area contributed by atoms with E-state index in [-0.39, 0.29) is 17.1 Å². The van der Waals surface area contributed by atoms with Gasteiger partial charge in [-0.15, -0.1) is 5.69 Å². The van der Waals surface area contributed by atoms with E-state index in [0.29, 0.717) is 0 Å². The third-order valence-electron chi connectivity index (χ3n) is 5.79. The normalized spacial score (nSPS) is 10.7. The number of rotatable bonds is 1. The minimum atomic E-state index is 0. The van der Waals surface area contributed by atoms with Crippen LogP contribution in [0.15, 0.2) is 116 Å². The van der Waals surface area contributed by atoms with E-state index in [9.17, 15) is 0 Å². The number of aromatic nitrogens is 4. The zero-order chi connectivity index (χ0) is 22.0. The van der Waals surface area contributed by atoms with E-state index in [0.717, 1.165) is 38.6 Å². The van der Waals surface area contributed by atoms with E-state index in [1.165, 1.54) is 16.2 Å². The zero-order valence-corrected chi connectivity index (χ0v) is 19.0. The van der Waals surface area contributed by atoms with Gasteiger partial charge in [0.2, 0.25) is 0 Å². The average molecular weight is 487 g/mol. The molecule has 4 aromatic heterocycles. The van der Waals surface area contributed by atoms with Gasteiger partial charge in [-0.1, -0.05) is 78.9 Å². The molecule has 0 aliphatic rings. The van der Waals surface area contributed by atoms with Gasteiger partial charge in [-0.05, 0) is 23.1 Å². The predicted octanol–water partition coefficient (Wildman–Crippen LogP) is 6.79. The predicted molar refractivity (Wildman–Crippen MR) is 135 cm³/mol. The molecule has 0 radical (unpaired) electrons. The van der Waals surface area contributed by atoms with Crippen LogP contribution in [-0.2, 0) is 17.1 Å². The van der Waals surface area contributed by atoms with Crippen molar-refractivity contribution in [2.75, 3.05) is 0 Å². The smallest absolute Gasteiger partial charge is 0.664 e. The Morgan fingerprint density at radius 2 is 1.18 bits per heavy atom. The number of pyridine rings is 3. The van der Waals surface area contributed by atoms with Gasteiger partial charge in [0.15, 0.2) is 0 Å². The van der Waals surface area contributed by atoms with Gasteiger partial charge < -0.3 is 4.98 Å². The minimum Gasteiger partial charge on any atom is -0.664 e. The first-order chi connectivity index (χ1) is 16.4. The number of para-hydroxylation sites is 1. The van der Waals surface area contributed by atoms with Gasteiger partial charge >= 0.3 is 17.1 Å². The Morgan fingerprint density at radius 3 is 1.88 bits per heavy atom. The Kier molecular flexibility index (Phi) is 6.05. The molecule has 4 nitrogen and oxygen atoms in total. The maximum atomic E-state index is 4.63. The molecule has 34 heavy (non-hydrogen) atoms. The summed E-state index contributed by atoms with van der Waals surface area (Å²) in [5, 5.41) is 5.86. The quantitative estimate of drug-likeness (QED) is 0.189. The van der Waals surface area contributed by atoms with Crippen molar-refractivity contribution in [2.45, 2.75) is 0 Å². The maximum Gasteiger partial charge on any atom is 1.00 e. The Hall–Kier alpha value is -4.05. The third kappa shape index (κ3) is 3.92. The van der Waals surface area contributed by atoms with Crippen molar-refractivity contribution < 1.29 is 17.1 Å². The Morgan fingerprint density at radius 1 is 0.500 bits per heavy atom. The molecule has 0 saturated carbocycles. The number of hydrogen-bond acceptors (Lipinski definition) is 3. The van der Waals surface area contributed by atoms with Crippen LogP contribution in [0.25, 0.3) is 54.7 Å². The van der Waals surface area contributed by atoms with Crippen molar-refractivity contribution in [3.63, 3.8) is 0 Å². The average Bonchev–Trinajstić information content (AvgIpc) is 3.43. The van der Waals surface area contributed by atoms with Gasteiger partial charge in [-0.25, -0.2) is 0 Å². The van der Waals surface area contributed by atoms with Gasteiger partial charge in [-0.2, -0.15) is 6.20 Å². The van der Waals surface area contributed by atoms with Gasteiger partial charge in [0.25, 0.3) is 0 Å². The minimum absolute atomic E-state index is 0. The number of hydrogen-bond donors (Lipinski definition) is 0. The summed E-state index contributed by atoms with van der Waals surface area (Å²) in [6, 6.07) is 30.7. The van der Waals surface area contributed by atoms with E-state index < -0.39 is 0 Å². The Bertz CT molecular complexity index is 1670. The van der Waals surface area contributed by atoms with Crippen molar-refractivity contribution >= 4 is 43.5 Å². The molecule has 0 bridgehead atoms. The summed E-state index contributed by atoms with van der Waals surface area (Å²) in [5.41, 5.74) is 5.04. The molecule has 4 heterocycles. The van der Waals surface area contributed by atoms with E-state index in [4.69, 9.17) is 0 Å². The first kappa shape index (κ1) is 21.8. The van der Waals surface area contributed by atoms with E-state index in [1.807, 2.05) is 42.7 Å². The molecule has 0 saturated heterocycles. The largest absolute Gasteiger partial charge is 1.00 e.